The first-order chi connectivity index (χ1) is 9.95. The van der Waals surface area contributed by atoms with Crippen LogP contribution < -0.4 is 4.74 Å². The molecule has 0 fully saturated rings. The number of carbonyl (C=O) groups is 1. The van der Waals surface area contributed by atoms with Gasteiger partial charge < -0.3 is 4.74 Å². The molecule has 2 aromatic carbocycles. The third-order valence-electron chi connectivity index (χ3n) is 2.82. The molecule has 0 aliphatic carbocycles. The van der Waals surface area contributed by atoms with Crippen molar-refractivity contribution >= 4 is 23.3 Å². The molecule has 0 aliphatic rings. The fourth-order valence-electron chi connectivity index (χ4n) is 1.72. The van der Waals surface area contributed by atoms with Gasteiger partial charge in [0.15, 0.2) is 0 Å². The van der Waals surface area contributed by atoms with E-state index in [2.05, 4.69) is 0 Å². The number of rotatable bonds is 4. The number of carbonyl (C=O) groups excluding carboxylic acids is 1. The lowest BCUT2D eigenvalue weighted by molar-refractivity contribution is -0.384. The minimum atomic E-state index is -0.566. The van der Waals surface area contributed by atoms with Gasteiger partial charge in [-0.15, -0.1) is 0 Å². The Labute approximate surface area is 126 Å². The minimum Gasteiger partial charge on any atom is -0.425 e. The van der Waals surface area contributed by atoms with Crippen molar-refractivity contribution < 1.29 is 14.5 Å². The molecule has 0 spiro atoms. The second-order valence-corrected chi connectivity index (χ2v) is 4.92. The summed E-state index contributed by atoms with van der Waals surface area (Å²) in [6.07, 6.45) is 0.105. The van der Waals surface area contributed by atoms with Crippen molar-refractivity contribution in [1.82, 2.24) is 0 Å². The standard InChI is InChI=1S/C15H12ClNO4/c1-10-2-4-11(5-3-10)8-15(18)21-14-7-6-12(17(19)20)9-13(14)16/h2-7,9H,8H2,1H3. The van der Waals surface area contributed by atoms with Crippen molar-refractivity contribution in [2.24, 2.45) is 0 Å². The SMILES string of the molecule is Cc1ccc(CC(=O)Oc2ccc([N+](=O)[O-])cc2Cl)cc1. The Balaban J connectivity index is 2.06. The van der Waals surface area contributed by atoms with Crippen molar-refractivity contribution in [2.75, 3.05) is 0 Å². The van der Waals surface area contributed by atoms with Crippen LogP contribution in [0, 0.1) is 17.0 Å². The summed E-state index contributed by atoms with van der Waals surface area (Å²) in [5.74, 6) is -0.367. The molecule has 2 aromatic rings. The van der Waals surface area contributed by atoms with Crippen molar-refractivity contribution in [1.29, 1.82) is 0 Å². The summed E-state index contributed by atoms with van der Waals surface area (Å²) < 4.78 is 5.12. The molecular weight excluding hydrogens is 294 g/mol. The van der Waals surface area contributed by atoms with Crippen molar-refractivity contribution in [3.63, 3.8) is 0 Å². The molecule has 21 heavy (non-hydrogen) atoms. The van der Waals surface area contributed by atoms with Gasteiger partial charge in [0.25, 0.3) is 5.69 Å². The Morgan fingerprint density at radius 3 is 2.48 bits per heavy atom. The largest absolute Gasteiger partial charge is 0.425 e. The summed E-state index contributed by atoms with van der Waals surface area (Å²) >= 11 is 5.86. The maximum Gasteiger partial charge on any atom is 0.315 e. The molecule has 5 nitrogen and oxygen atoms in total. The number of halogens is 1. The zero-order chi connectivity index (χ0) is 15.4. The van der Waals surface area contributed by atoms with Crippen LogP contribution in [-0.4, -0.2) is 10.9 Å². The van der Waals surface area contributed by atoms with E-state index < -0.39 is 10.9 Å². The number of nitrogens with zero attached hydrogens (tertiary/aromatic N) is 1. The maximum absolute atomic E-state index is 11.8. The van der Waals surface area contributed by atoms with Crippen LogP contribution in [0.3, 0.4) is 0 Å². The average Bonchev–Trinajstić information content (AvgIpc) is 2.43. The highest BCUT2D eigenvalue weighted by atomic mass is 35.5. The van der Waals surface area contributed by atoms with Gasteiger partial charge in [0.2, 0.25) is 0 Å². The number of ether oxygens (including phenoxy) is 1. The fourth-order valence-corrected chi connectivity index (χ4v) is 1.93. The van der Waals surface area contributed by atoms with E-state index in [1.54, 1.807) is 0 Å². The molecule has 0 unspecified atom stereocenters. The van der Waals surface area contributed by atoms with E-state index in [1.165, 1.54) is 12.1 Å². The molecule has 0 saturated carbocycles. The highest BCUT2D eigenvalue weighted by Gasteiger charge is 2.13. The predicted octanol–water partition coefficient (Wildman–Crippen LogP) is 3.70. The average molecular weight is 306 g/mol. The van der Waals surface area contributed by atoms with Crippen molar-refractivity contribution in [2.45, 2.75) is 13.3 Å². The third-order valence-corrected chi connectivity index (χ3v) is 3.11. The van der Waals surface area contributed by atoms with E-state index in [0.29, 0.717) is 0 Å². The summed E-state index contributed by atoms with van der Waals surface area (Å²) in [7, 11) is 0. The Morgan fingerprint density at radius 1 is 1.24 bits per heavy atom. The van der Waals surface area contributed by atoms with Crippen LogP contribution in [0.1, 0.15) is 11.1 Å². The van der Waals surface area contributed by atoms with Gasteiger partial charge in [0, 0.05) is 12.1 Å². The molecule has 0 aromatic heterocycles. The molecule has 0 heterocycles. The predicted molar refractivity (Wildman–Crippen MR) is 78.6 cm³/mol. The number of hydrogen-bond acceptors (Lipinski definition) is 4. The fraction of sp³-hybridized carbons (Fsp3) is 0.133. The number of esters is 1. The third kappa shape index (κ3) is 4.03. The second-order valence-electron chi connectivity index (χ2n) is 4.51. The highest BCUT2D eigenvalue weighted by molar-refractivity contribution is 6.32. The monoisotopic (exact) mass is 305 g/mol. The number of non-ortho nitro benzene ring substituents is 1. The summed E-state index contributed by atoms with van der Waals surface area (Å²) in [5, 5.41) is 10.6. The van der Waals surface area contributed by atoms with Crippen LogP contribution in [-0.2, 0) is 11.2 Å². The van der Waals surface area contributed by atoms with E-state index in [-0.39, 0.29) is 22.9 Å². The molecule has 6 heteroatoms. The highest BCUT2D eigenvalue weighted by Crippen LogP contribution is 2.28. The van der Waals surface area contributed by atoms with Crippen molar-refractivity contribution in [3.8, 4) is 5.75 Å². The maximum atomic E-state index is 11.8. The number of aryl methyl sites for hydroxylation is 1. The second kappa shape index (κ2) is 6.37. The van der Waals surface area contributed by atoms with Gasteiger partial charge in [-0.25, -0.2) is 0 Å². The van der Waals surface area contributed by atoms with Crippen LogP contribution in [0.4, 0.5) is 5.69 Å². The zero-order valence-corrected chi connectivity index (χ0v) is 12.0. The number of nitro groups is 1. The number of hydrogen-bond donors (Lipinski definition) is 0. The smallest absolute Gasteiger partial charge is 0.315 e. The summed E-state index contributed by atoms with van der Waals surface area (Å²) in [4.78, 5) is 21.9. The van der Waals surface area contributed by atoms with Gasteiger partial charge in [0.1, 0.15) is 5.75 Å². The van der Waals surface area contributed by atoms with Crippen LogP contribution in [0.25, 0.3) is 0 Å². The lowest BCUT2D eigenvalue weighted by atomic mass is 10.1. The Bertz CT molecular complexity index is 683. The van der Waals surface area contributed by atoms with E-state index in [1.807, 2.05) is 31.2 Å². The molecule has 0 atom stereocenters. The Kier molecular flexibility index (Phi) is 4.55. The molecule has 108 valence electrons. The molecule has 2 rings (SSSR count). The molecule has 0 N–H and O–H groups in total. The van der Waals surface area contributed by atoms with E-state index in [0.717, 1.165) is 17.2 Å². The minimum absolute atomic E-state index is 0.0291. The van der Waals surface area contributed by atoms with Crippen LogP contribution in [0.5, 0.6) is 5.75 Å². The first-order valence-electron chi connectivity index (χ1n) is 6.16. The quantitative estimate of drug-likeness (QED) is 0.374. The van der Waals surface area contributed by atoms with Crippen LogP contribution >= 0.6 is 11.6 Å². The first-order valence-corrected chi connectivity index (χ1v) is 6.53. The lowest BCUT2D eigenvalue weighted by Crippen LogP contribution is -2.11. The molecule has 0 saturated heterocycles. The van der Waals surface area contributed by atoms with Crippen LogP contribution in [0.2, 0.25) is 5.02 Å². The van der Waals surface area contributed by atoms with Gasteiger partial charge in [-0.3, -0.25) is 14.9 Å². The van der Waals surface area contributed by atoms with E-state index >= 15 is 0 Å². The number of nitro benzene ring substituents is 1. The van der Waals surface area contributed by atoms with Gasteiger partial charge in [0.05, 0.1) is 16.4 Å². The molecule has 0 amide bonds. The summed E-state index contributed by atoms with van der Waals surface area (Å²) in [5.41, 5.74) is 1.77. The zero-order valence-electron chi connectivity index (χ0n) is 11.2. The van der Waals surface area contributed by atoms with E-state index in [4.69, 9.17) is 16.3 Å². The topological polar surface area (TPSA) is 69.4 Å². The number of benzene rings is 2. The Morgan fingerprint density at radius 2 is 1.90 bits per heavy atom. The molecule has 0 radical (unpaired) electrons. The molecule has 0 aliphatic heterocycles. The van der Waals surface area contributed by atoms with Gasteiger partial charge in [-0.2, -0.15) is 0 Å². The normalized spacial score (nSPS) is 10.2. The lowest BCUT2D eigenvalue weighted by Gasteiger charge is -2.06. The first kappa shape index (κ1) is 15.0. The van der Waals surface area contributed by atoms with Crippen LogP contribution in [0.15, 0.2) is 42.5 Å². The van der Waals surface area contributed by atoms with E-state index in [9.17, 15) is 14.9 Å². The Hall–Kier alpha value is -2.40. The molecular formula is C15H12ClNO4. The summed E-state index contributed by atoms with van der Waals surface area (Å²) in [6.45, 7) is 1.96. The molecule has 0 bridgehead atoms. The van der Waals surface area contributed by atoms with Gasteiger partial charge in [-0.05, 0) is 18.6 Å². The van der Waals surface area contributed by atoms with Gasteiger partial charge in [-0.1, -0.05) is 41.4 Å². The van der Waals surface area contributed by atoms with Crippen molar-refractivity contribution in [3.05, 3.63) is 68.7 Å². The van der Waals surface area contributed by atoms with Gasteiger partial charge >= 0.3 is 5.97 Å². The summed E-state index contributed by atoms with van der Waals surface area (Å²) in [6, 6.07) is 11.2.